The standard InChI is InChI=1S/C25H23ClF4N6O3.C15H18ClF3N4O2.C10H5FN4O.CH4.2H2S/c1-36(22(37)8-6-15-3-2-4-20(28)23(15)26)19(11-25(29,30)14-33-35-31)13-39-24(38)34-21-10-17-9-18(27)7-5-16(17)12-32-21;1-23(11(8-24)7-15(18,19)9-21-22-20)13(25)6-5-10-3-2-4-12(17)14(10)16;11-8-2-1-6-5-13-9(4-7(6)3-8)10(16)14-15-12;;;/h2-5,7,9-10,12,19H,6,8,11,13-14H2,1H3,(H,32,34,38);2-4,11,24H,5-9H2,1H3;1-5H;1H4;2*1H2/t19-;11-;;;;/m00..../s1. The maximum absolute atomic E-state index is 14.4. The van der Waals surface area contributed by atoms with Gasteiger partial charge in [0.1, 0.15) is 41.4 Å². The van der Waals surface area contributed by atoms with Gasteiger partial charge in [0.25, 0.3) is 17.8 Å². The Labute approximate surface area is 492 Å². The third-order valence-corrected chi connectivity index (χ3v) is 12.4. The van der Waals surface area contributed by atoms with Crippen LogP contribution in [0.15, 0.2) is 113 Å². The van der Waals surface area contributed by atoms with E-state index < -0.39 is 110 Å². The van der Waals surface area contributed by atoms with E-state index in [1.165, 1.54) is 93.2 Å². The van der Waals surface area contributed by atoms with E-state index in [4.69, 9.17) is 44.5 Å². The molecule has 0 saturated heterocycles. The number of carbonyl (C=O) groups is 4. The number of hydrogen-bond acceptors (Lipinski definition) is 10. The number of rotatable bonds is 21. The lowest BCUT2D eigenvalue weighted by atomic mass is 10.1. The lowest BCUT2D eigenvalue weighted by Gasteiger charge is -2.30. The highest BCUT2D eigenvalue weighted by Gasteiger charge is 2.37. The number of ether oxygens (including phenoxy) is 1. The Kier molecular flexibility index (Phi) is 31.1. The third-order valence-electron chi connectivity index (χ3n) is 11.5. The fraction of sp³-hybridized carbons (Fsp3) is 0.333. The molecule has 0 aliphatic rings. The molecule has 20 nitrogen and oxygen atoms in total. The number of anilines is 1. The zero-order chi connectivity index (χ0) is 59.2. The van der Waals surface area contributed by atoms with Crippen molar-refractivity contribution in [2.75, 3.05) is 45.7 Å². The van der Waals surface area contributed by atoms with Crippen molar-refractivity contribution < 1.29 is 64.1 Å². The van der Waals surface area contributed by atoms with Gasteiger partial charge >= 0.3 is 6.09 Å². The first-order chi connectivity index (χ1) is 37.9. The molecular formula is C51H54Cl2F8N14O6S2. The first-order valence-corrected chi connectivity index (χ1v) is 24.1. The molecule has 2 heterocycles. The quantitative estimate of drug-likeness (QED) is 0.0301. The second kappa shape index (κ2) is 35.2. The van der Waals surface area contributed by atoms with Gasteiger partial charge in [0, 0.05) is 77.7 Å². The average Bonchev–Trinajstić information content (AvgIpc) is 3.55. The predicted octanol–water partition coefficient (Wildman–Crippen LogP) is 13.8. The summed E-state index contributed by atoms with van der Waals surface area (Å²) in [6, 6.07) is 16.8. The molecule has 0 aliphatic carbocycles. The fourth-order valence-corrected chi connectivity index (χ4v) is 7.70. The van der Waals surface area contributed by atoms with Gasteiger partial charge in [-0.05, 0) is 117 Å². The largest absolute Gasteiger partial charge is 0.447 e. The second-order valence-electron chi connectivity index (χ2n) is 17.2. The van der Waals surface area contributed by atoms with Gasteiger partial charge in [-0.1, -0.05) is 65.1 Å². The van der Waals surface area contributed by atoms with Gasteiger partial charge in [-0.3, -0.25) is 24.7 Å². The maximum Gasteiger partial charge on any atom is 0.412 e. The lowest BCUT2D eigenvalue weighted by molar-refractivity contribution is -0.135. The molecule has 4 amide bonds. The van der Waals surface area contributed by atoms with E-state index in [2.05, 4.69) is 45.4 Å². The number of aliphatic hydroxyl groups excluding tert-OH is 1. The minimum absolute atomic E-state index is 0. The monoisotopic (exact) mass is 1240 g/mol. The number of hydrogen-bond donors (Lipinski definition) is 2. The molecule has 2 atom stereocenters. The molecule has 83 heavy (non-hydrogen) atoms. The second-order valence-corrected chi connectivity index (χ2v) is 17.9. The van der Waals surface area contributed by atoms with Crippen molar-refractivity contribution in [3.63, 3.8) is 0 Å². The molecule has 0 saturated carbocycles. The van der Waals surface area contributed by atoms with Crippen LogP contribution in [0.5, 0.6) is 0 Å². The number of amides is 4. The highest BCUT2D eigenvalue weighted by molar-refractivity contribution is 7.59. The number of aryl methyl sites for hydroxylation is 2. The van der Waals surface area contributed by atoms with Crippen molar-refractivity contribution in [2.45, 2.75) is 69.9 Å². The number of aliphatic hydroxyl groups is 1. The average molecular weight is 1250 g/mol. The highest BCUT2D eigenvalue weighted by atomic mass is 35.5. The summed E-state index contributed by atoms with van der Waals surface area (Å²) in [5.41, 5.74) is 25.4. The number of pyridine rings is 2. The predicted molar refractivity (Wildman–Crippen MR) is 306 cm³/mol. The number of likely N-dealkylation sites (N-methyl/N-ethyl adjacent to an activating group) is 2. The summed E-state index contributed by atoms with van der Waals surface area (Å²) in [6.45, 7) is -3.52. The summed E-state index contributed by atoms with van der Waals surface area (Å²) in [7, 11) is 2.55. The van der Waals surface area contributed by atoms with Crippen LogP contribution in [0.3, 0.4) is 0 Å². The number of azide groups is 3. The van der Waals surface area contributed by atoms with Crippen LogP contribution in [0.2, 0.25) is 10.0 Å². The number of benzene rings is 4. The Morgan fingerprint density at radius 3 is 1.60 bits per heavy atom. The smallest absolute Gasteiger partial charge is 0.412 e. The third kappa shape index (κ3) is 23.5. The van der Waals surface area contributed by atoms with E-state index in [0.29, 0.717) is 32.7 Å². The van der Waals surface area contributed by atoms with E-state index in [-0.39, 0.29) is 81.7 Å². The molecule has 0 bridgehead atoms. The van der Waals surface area contributed by atoms with Crippen molar-refractivity contribution in [1.29, 1.82) is 0 Å². The Hall–Kier alpha value is -7.81. The van der Waals surface area contributed by atoms with Crippen LogP contribution in [0.1, 0.15) is 54.7 Å². The van der Waals surface area contributed by atoms with Gasteiger partial charge in [0.2, 0.25) is 11.8 Å². The molecule has 32 heteroatoms. The van der Waals surface area contributed by atoms with Gasteiger partial charge in [-0.25, -0.2) is 44.9 Å². The summed E-state index contributed by atoms with van der Waals surface area (Å²) >= 11 is 11.7. The zero-order valence-corrected chi connectivity index (χ0v) is 46.6. The van der Waals surface area contributed by atoms with Gasteiger partial charge in [-0.15, -0.1) is 0 Å². The normalized spacial score (nSPS) is 11.2. The summed E-state index contributed by atoms with van der Waals surface area (Å²) in [5.74, 6) is -10.9. The summed E-state index contributed by atoms with van der Waals surface area (Å²) in [6.07, 6.45) is -0.143. The van der Waals surface area contributed by atoms with Crippen LogP contribution in [-0.2, 0) is 27.2 Å². The SMILES string of the molecule is C.CN(C(=O)CCc1cccc(F)c1Cl)[C@H](CO)CC(F)(F)CN=[N+]=[N-].CN(C(=O)CCc1cccc(F)c1Cl)[C@H](COC(=O)Nc1cc2cc(F)ccc2cn1)CC(F)(F)CN=[N+]=[N-].S.S.[N-]=[N+]=NC(=O)c1cc2cc(F)ccc2cn1. The number of alkyl halides is 4. The molecular weight excluding hydrogens is 1190 g/mol. The Morgan fingerprint density at radius 1 is 0.675 bits per heavy atom. The van der Waals surface area contributed by atoms with Gasteiger partial charge in [-0.2, -0.15) is 27.0 Å². The van der Waals surface area contributed by atoms with Crippen molar-refractivity contribution in [1.82, 2.24) is 19.8 Å². The zero-order valence-electron chi connectivity index (χ0n) is 43.0. The van der Waals surface area contributed by atoms with Crippen LogP contribution in [0.4, 0.5) is 45.7 Å². The van der Waals surface area contributed by atoms with Crippen molar-refractivity contribution in [3.8, 4) is 0 Å². The van der Waals surface area contributed by atoms with Crippen LogP contribution >= 0.6 is 50.2 Å². The van der Waals surface area contributed by atoms with Gasteiger partial charge in [0.15, 0.2) is 0 Å². The number of fused-ring (bicyclic) bond motifs is 2. The number of carbonyl (C=O) groups excluding carboxylic acids is 4. The minimum atomic E-state index is -3.51. The van der Waals surface area contributed by atoms with Gasteiger partial charge in [0.05, 0.1) is 41.8 Å². The molecule has 2 N–H and O–H groups in total. The number of halogens is 10. The van der Waals surface area contributed by atoms with E-state index in [9.17, 15) is 59.4 Å². The first kappa shape index (κ1) is 73.2. The van der Waals surface area contributed by atoms with E-state index in [1.807, 2.05) is 0 Å². The Balaban J connectivity index is 0.000000671. The minimum Gasteiger partial charge on any atom is -0.447 e. The molecule has 0 aliphatic heterocycles. The molecule has 0 fully saturated rings. The Morgan fingerprint density at radius 2 is 1.13 bits per heavy atom. The Bertz CT molecular complexity index is 3350. The number of aromatic nitrogens is 2. The molecule has 4 aromatic carbocycles. The van der Waals surface area contributed by atoms with Crippen LogP contribution in [-0.4, -0.2) is 113 Å². The number of nitrogens with one attached hydrogen (secondary N) is 1. The van der Waals surface area contributed by atoms with Crippen molar-refractivity contribution in [2.24, 2.45) is 15.3 Å². The molecule has 6 rings (SSSR count). The molecule has 0 unspecified atom stereocenters. The van der Waals surface area contributed by atoms with Crippen LogP contribution in [0.25, 0.3) is 52.9 Å². The molecule has 0 radical (unpaired) electrons. The summed E-state index contributed by atoms with van der Waals surface area (Å²) in [5, 5.41) is 22.4. The van der Waals surface area contributed by atoms with Crippen LogP contribution in [0, 0.1) is 23.3 Å². The first-order valence-electron chi connectivity index (χ1n) is 23.3. The fourth-order valence-electron chi connectivity index (χ4n) is 7.26. The van der Waals surface area contributed by atoms with E-state index in [0.717, 1.165) is 15.9 Å². The lowest BCUT2D eigenvalue weighted by Crippen LogP contribution is -2.45. The van der Waals surface area contributed by atoms with E-state index in [1.54, 1.807) is 12.1 Å². The van der Waals surface area contributed by atoms with Crippen molar-refractivity contribution in [3.05, 3.63) is 179 Å². The molecule has 0 spiro atoms. The highest BCUT2D eigenvalue weighted by Crippen LogP contribution is 2.28. The maximum atomic E-state index is 14.4. The topological polar surface area (TPSA) is 288 Å². The molecule has 6 aromatic rings. The van der Waals surface area contributed by atoms with E-state index >= 15 is 0 Å². The van der Waals surface area contributed by atoms with Crippen molar-refractivity contribution >= 4 is 101 Å². The summed E-state index contributed by atoms with van der Waals surface area (Å²) in [4.78, 5) is 65.4. The molecule has 446 valence electrons. The molecule has 2 aromatic heterocycles. The number of nitrogens with zero attached hydrogens (tertiary/aromatic N) is 13. The van der Waals surface area contributed by atoms with Gasteiger partial charge < -0.3 is 19.6 Å². The summed E-state index contributed by atoms with van der Waals surface area (Å²) < 4.78 is 115. The van der Waals surface area contributed by atoms with Crippen LogP contribution < -0.4 is 5.32 Å².